The van der Waals surface area contributed by atoms with Gasteiger partial charge in [0.05, 0.1) is 42.3 Å². The summed E-state index contributed by atoms with van der Waals surface area (Å²) >= 11 is 0. The van der Waals surface area contributed by atoms with Gasteiger partial charge in [0.15, 0.2) is 16.6 Å². The van der Waals surface area contributed by atoms with Crippen molar-refractivity contribution < 1.29 is 13.6 Å². The first kappa shape index (κ1) is 25.4. The molecule has 1 saturated heterocycles. The van der Waals surface area contributed by atoms with Gasteiger partial charge in [0, 0.05) is 0 Å². The molecule has 0 bridgehead atoms. The summed E-state index contributed by atoms with van der Waals surface area (Å²) in [5.74, 6) is -0.00251. The van der Waals surface area contributed by atoms with E-state index < -0.39 is 16.6 Å². The maximum absolute atomic E-state index is 10.2. The summed E-state index contributed by atoms with van der Waals surface area (Å²) in [6.07, 6.45) is 4.35. The molecule has 6 heteroatoms. The number of hydrogen-bond donors (Lipinski definition) is 0. The van der Waals surface area contributed by atoms with Gasteiger partial charge in [0.2, 0.25) is 0 Å². The molecule has 0 aromatic rings. The topological polar surface area (TPSA) is 54.8 Å². The molecule has 0 aromatic heterocycles. The zero-order chi connectivity index (χ0) is 23.7. The highest BCUT2D eigenvalue weighted by Crippen LogP contribution is 2.69. The molecule has 0 amide bonds. The van der Waals surface area contributed by atoms with Crippen molar-refractivity contribution in [1.82, 2.24) is 0 Å². The number of hydrogen-bond acceptors (Lipinski definition) is 4. The predicted octanol–water partition coefficient (Wildman–Crippen LogP) is 6.89. The predicted molar refractivity (Wildman–Crippen MR) is 132 cm³/mol. The Morgan fingerprint density at radius 3 is 1.84 bits per heavy atom. The average molecular weight is 466 g/mol. The lowest BCUT2D eigenvalue weighted by Crippen LogP contribution is -2.64. The Bertz CT molecular complexity index is 729. The summed E-state index contributed by atoms with van der Waals surface area (Å²) in [6, 6.07) is 2.71. The molecule has 0 spiro atoms. The molecule has 4 nitrogen and oxygen atoms in total. The van der Waals surface area contributed by atoms with Crippen LogP contribution in [0.4, 0.5) is 0 Å². The van der Waals surface area contributed by atoms with Crippen LogP contribution in [0.3, 0.4) is 0 Å². The van der Waals surface area contributed by atoms with Crippen molar-refractivity contribution in [2.45, 2.75) is 129 Å². The first-order chi connectivity index (χ1) is 13.9. The molecule has 6 atom stereocenters. The van der Waals surface area contributed by atoms with Crippen LogP contribution in [0.2, 0.25) is 36.3 Å². The van der Waals surface area contributed by atoms with Crippen LogP contribution >= 0.6 is 0 Å². The number of fused-ring (bicyclic) bond motifs is 1. The number of nitrogens with zero attached hydrogens (tertiary/aromatic N) is 1. The zero-order valence-corrected chi connectivity index (χ0v) is 24.0. The van der Waals surface area contributed by atoms with Crippen molar-refractivity contribution >= 4 is 16.6 Å². The van der Waals surface area contributed by atoms with Gasteiger partial charge in [0.1, 0.15) is 0 Å². The number of epoxide rings is 1. The van der Waals surface area contributed by atoms with E-state index in [2.05, 4.69) is 80.7 Å². The molecule has 2 aliphatic carbocycles. The lowest BCUT2D eigenvalue weighted by molar-refractivity contribution is -0.144. The Morgan fingerprint density at radius 2 is 1.42 bits per heavy atom. The third-order valence-corrected chi connectivity index (χ3v) is 18.9. The Hall–Kier alpha value is -0.196. The van der Waals surface area contributed by atoms with Gasteiger partial charge in [-0.2, -0.15) is 5.26 Å². The van der Waals surface area contributed by atoms with E-state index in [9.17, 15) is 5.26 Å². The van der Waals surface area contributed by atoms with Gasteiger partial charge in [-0.3, -0.25) is 0 Å². The largest absolute Gasteiger partial charge is 0.413 e. The highest BCUT2D eigenvalue weighted by atomic mass is 28.4. The fourth-order valence-electron chi connectivity index (χ4n) is 5.87. The maximum atomic E-state index is 10.2. The first-order valence-corrected chi connectivity index (χ1v) is 18.1. The lowest BCUT2D eigenvalue weighted by Gasteiger charge is -2.58. The van der Waals surface area contributed by atoms with Crippen molar-refractivity contribution in [2.75, 3.05) is 6.61 Å². The number of ether oxygens (including phenoxy) is 1. The molecule has 1 heterocycles. The van der Waals surface area contributed by atoms with Gasteiger partial charge in [-0.25, -0.2) is 0 Å². The highest BCUT2D eigenvalue weighted by Gasteiger charge is 2.74. The Balaban J connectivity index is 2.11. The first-order valence-electron chi connectivity index (χ1n) is 12.3. The molecule has 3 rings (SSSR count). The van der Waals surface area contributed by atoms with Gasteiger partial charge in [-0.15, -0.1) is 0 Å². The monoisotopic (exact) mass is 465 g/mol. The molecule has 1 unspecified atom stereocenters. The third-order valence-electron chi connectivity index (χ3n) is 9.94. The molecular formula is C25H47NO3Si2. The van der Waals surface area contributed by atoms with Crippen molar-refractivity contribution in [2.24, 2.45) is 16.7 Å². The SMILES string of the molecule is CC(C)(C)[Si](C)(C)O[C@H]1C[C@@H](C#N)[C@]2(C)CCC[C@@H](O[Si](C)(C)C(C)(C)C)C12[C@@H]1CO1. The van der Waals surface area contributed by atoms with Gasteiger partial charge < -0.3 is 13.6 Å². The fourth-order valence-corrected chi connectivity index (χ4v) is 8.60. The fraction of sp³-hybridized carbons (Fsp3) is 0.960. The summed E-state index contributed by atoms with van der Waals surface area (Å²) < 4.78 is 20.6. The Morgan fingerprint density at radius 1 is 0.935 bits per heavy atom. The normalized spacial score (nSPS) is 39.2. The van der Waals surface area contributed by atoms with Crippen LogP contribution in [0.5, 0.6) is 0 Å². The van der Waals surface area contributed by atoms with E-state index in [0.29, 0.717) is 0 Å². The molecule has 178 valence electrons. The maximum Gasteiger partial charge on any atom is 0.192 e. The summed E-state index contributed by atoms with van der Waals surface area (Å²) in [4.78, 5) is 0. The Kier molecular flexibility index (Phi) is 6.29. The second-order valence-corrected chi connectivity index (χ2v) is 23.2. The molecule has 31 heavy (non-hydrogen) atoms. The summed E-state index contributed by atoms with van der Waals surface area (Å²) in [7, 11) is -4.01. The van der Waals surface area contributed by atoms with Crippen LogP contribution in [0.25, 0.3) is 0 Å². The third kappa shape index (κ3) is 3.91. The van der Waals surface area contributed by atoms with E-state index in [4.69, 9.17) is 13.6 Å². The van der Waals surface area contributed by atoms with Crippen molar-refractivity contribution in [3.05, 3.63) is 0 Å². The smallest absolute Gasteiger partial charge is 0.192 e. The van der Waals surface area contributed by atoms with E-state index in [1.807, 2.05) is 0 Å². The second kappa shape index (κ2) is 7.66. The van der Waals surface area contributed by atoms with Gasteiger partial charge in [0.25, 0.3) is 0 Å². The summed E-state index contributed by atoms with van der Waals surface area (Å²) in [5.41, 5.74) is -0.349. The van der Waals surface area contributed by atoms with E-state index in [-0.39, 0.29) is 45.1 Å². The van der Waals surface area contributed by atoms with Crippen LogP contribution in [0.15, 0.2) is 0 Å². The molecule has 3 fully saturated rings. The van der Waals surface area contributed by atoms with Crippen LogP contribution in [0, 0.1) is 28.1 Å². The summed E-state index contributed by atoms with van der Waals surface area (Å²) in [5, 5.41) is 10.5. The summed E-state index contributed by atoms with van der Waals surface area (Å²) in [6.45, 7) is 26.4. The van der Waals surface area contributed by atoms with E-state index in [1.54, 1.807) is 0 Å². The molecule has 0 aromatic carbocycles. The minimum atomic E-state index is -2.02. The van der Waals surface area contributed by atoms with Gasteiger partial charge >= 0.3 is 0 Å². The minimum absolute atomic E-state index is 0.00251. The van der Waals surface area contributed by atoms with E-state index in [1.165, 1.54) is 0 Å². The average Bonchev–Trinajstić information content (AvgIpc) is 3.38. The molecular weight excluding hydrogens is 418 g/mol. The quantitative estimate of drug-likeness (QED) is 0.328. The molecule has 0 N–H and O–H groups in total. The van der Waals surface area contributed by atoms with Crippen LogP contribution in [0.1, 0.15) is 74.1 Å². The standard InChI is InChI=1S/C25H47NO3Si2/c1-22(2,3)30(8,9)28-19-13-12-14-24(7)18(16-26)15-20(25(19,24)21-17-27-21)29-31(10,11)23(4,5)6/h18-21H,12-15,17H2,1-11H3/t18-,19+,20-,21-,24-,25?/m0/s1. The van der Waals surface area contributed by atoms with Crippen molar-refractivity contribution in [1.29, 1.82) is 5.26 Å². The molecule has 3 aliphatic rings. The Labute approximate surface area is 193 Å². The van der Waals surface area contributed by atoms with Crippen molar-refractivity contribution in [3.63, 3.8) is 0 Å². The van der Waals surface area contributed by atoms with Crippen LogP contribution in [-0.2, 0) is 13.6 Å². The van der Waals surface area contributed by atoms with Gasteiger partial charge in [-0.1, -0.05) is 54.9 Å². The van der Waals surface area contributed by atoms with Crippen LogP contribution in [-0.4, -0.2) is 41.6 Å². The minimum Gasteiger partial charge on any atom is -0.413 e. The zero-order valence-electron chi connectivity index (χ0n) is 22.0. The van der Waals surface area contributed by atoms with Gasteiger partial charge in [-0.05, 0) is 60.9 Å². The van der Waals surface area contributed by atoms with E-state index >= 15 is 0 Å². The van der Waals surface area contributed by atoms with E-state index in [0.717, 1.165) is 32.3 Å². The number of nitriles is 1. The number of rotatable bonds is 5. The molecule has 2 saturated carbocycles. The lowest BCUT2D eigenvalue weighted by atomic mass is 9.53. The van der Waals surface area contributed by atoms with Crippen LogP contribution < -0.4 is 0 Å². The van der Waals surface area contributed by atoms with Crippen molar-refractivity contribution in [3.8, 4) is 6.07 Å². The molecule has 1 aliphatic heterocycles. The highest BCUT2D eigenvalue weighted by molar-refractivity contribution is 6.74. The second-order valence-electron chi connectivity index (χ2n) is 13.7. The molecule has 0 radical (unpaired) electrons.